The lowest BCUT2D eigenvalue weighted by atomic mass is 9.82. The van der Waals surface area contributed by atoms with Gasteiger partial charge in [-0.05, 0) is 36.7 Å². The molecule has 1 aliphatic heterocycles. The van der Waals surface area contributed by atoms with Crippen LogP contribution in [0.15, 0.2) is 18.2 Å². The van der Waals surface area contributed by atoms with E-state index >= 15 is 0 Å². The molecule has 118 valence electrons. The Hall–Kier alpha value is -1.04. The maximum Gasteiger partial charge on any atom is 0.126 e. The lowest BCUT2D eigenvalue weighted by molar-refractivity contribution is -0.110. The first-order valence-electron chi connectivity index (χ1n) is 7.41. The Morgan fingerprint density at radius 1 is 1.33 bits per heavy atom. The molecule has 1 aromatic carbocycles. The van der Waals surface area contributed by atoms with Gasteiger partial charge in [-0.15, -0.1) is 0 Å². The van der Waals surface area contributed by atoms with Crippen molar-refractivity contribution in [3.63, 3.8) is 0 Å². The van der Waals surface area contributed by atoms with Gasteiger partial charge in [-0.2, -0.15) is 0 Å². The molecule has 1 saturated heterocycles. The van der Waals surface area contributed by atoms with Crippen molar-refractivity contribution in [2.75, 3.05) is 26.9 Å². The van der Waals surface area contributed by atoms with Crippen molar-refractivity contribution in [3.8, 4) is 0 Å². The molecule has 0 aromatic heterocycles. The summed E-state index contributed by atoms with van der Waals surface area (Å²) in [6, 6.07) is 3.51. The van der Waals surface area contributed by atoms with Crippen molar-refractivity contribution >= 4 is 0 Å². The van der Waals surface area contributed by atoms with Crippen LogP contribution in [0.4, 0.5) is 8.78 Å². The van der Waals surface area contributed by atoms with Crippen LogP contribution in [0.2, 0.25) is 0 Å². The molecule has 0 spiro atoms. The van der Waals surface area contributed by atoms with Gasteiger partial charge in [0.2, 0.25) is 0 Å². The average Bonchev–Trinajstić information content (AvgIpc) is 2.51. The Morgan fingerprint density at radius 2 is 2.05 bits per heavy atom. The maximum atomic E-state index is 13.9. The Balaban J connectivity index is 2.23. The Labute approximate surface area is 124 Å². The fourth-order valence-corrected chi connectivity index (χ4v) is 3.02. The van der Waals surface area contributed by atoms with E-state index in [1.807, 2.05) is 6.92 Å². The van der Waals surface area contributed by atoms with E-state index in [0.29, 0.717) is 25.2 Å². The fraction of sp³-hybridized carbons (Fsp3) is 0.625. The summed E-state index contributed by atoms with van der Waals surface area (Å²) < 4.78 is 38.5. The van der Waals surface area contributed by atoms with Gasteiger partial charge in [-0.25, -0.2) is 8.78 Å². The van der Waals surface area contributed by atoms with Gasteiger partial charge in [0.05, 0.1) is 5.60 Å². The van der Waals surface area contributed by atoms with E-state index in [4.69, 9.17) is 9.47 Å². The van der Waals surface area contributed by atoms with Gasteiger partial charge in [0, 0.05) is 39.2 Å². The number of nitrogens with one attached hydrogen (secondary N) is 1. The van der Waals surface area contributed by atoms with Crippen molar-refractivity contribution < 1.29 is 18.3 Å². The topological polar surface area (TPSA) is 30.5 Å². The van der Waals surface area contributed by atoms with Gasteiger partial charge in [0.15, 0.2) is 0 Å². The molecule has 0 bridgehead atoms. The highest BCUT2D eigenvalue weighted by atomic mass is 19.1. The van der Waals surface area contributed by atoms with E-state index < -0.39 is 11.4 Å². The lowest BCUT2D eigenvalue weighted by Crippen LogP contribution is -2.56. The smallest absolute Gasteiger partial charge is 0.126 e. The second kappa shape index (κ2) is 7.29. The zero-order valence-electron chi connectivity index (χ0n) is 12.6. The molecule has 0 radical (unpaired) electrons. The highest BCUT2D eigenvalue weighted by Crippen LogP contribution is 2.30. The van der Waals surface area contributed by atoms with E-state index in [2.05, 4.69) is 5.32 Å². The Morgan fingerprint density at radius 3 is 2.67 bits per heavy atom. The third-order valence-electron chi connectivity index (χ3n) is 4.26. The van der Waals surface area contributed by atoms with Crippen LogP contribution in [0, 0.1) is 11.6 Å². The number of hydrogen-bond acceptors (Lipinski definition) is 3. The number of ether oxygens (including phenoxy) is 2. The number of benzene rings is 1. The van der Waals surface area contributed by atoms with E-state index in [9.17, 15) is 8.78 Å². The molecule has 1 aromatic rings. The summed E-state index contributed by atoms with van der Waals surface area (Å²) in [5.41, 5.74) is -0.0172. The monoisotopic (exact) mass is 299 g/mol. The molecule has 3 nitrogen and oxygen atoms in total. The lowest BCUT2D eigenvalue weighted by Gasteiger charge is -2.42. The van der Waals surface area contributed by atoms with Crippen LogP contribution in [0.25, 0.3) is 0 Å². The second-order valence-electron chi connectivity index (χ2n) is 5.43. The van der Waals surface area contributed by atoms with Crippen molar-refractivity contribution in [2.45, 2.75) is 37.8 Å². The zero-order valence-corrected chi connectivity index (χ0v) is 12.6. The molecular formula is C16H23F2NO2. The largest absolute Gasteiger partial charge is 0.381 e. The first-order valence-corrected chi connectivity index (χ1v) is 7.41. The van der Waals surface area contributed by atoms with Crippen molar-refractivity contribution in [3.05, 3.63) is 35.4 Å². The summed E-state index contributed by atoms with van der Waals surface area (Å²) in [7, 11) is 1.68. The molecule has 1 N–H and O–H groups in total. The van der Waals surface area contributed by atoms with Crippen molar-refractivity contribution in [1.29, 1.82) is 0 Å². The van der Waals surface area contributed by atoms with Gasteiger partial charge < -0.3 is 14.8 Å². The molecular weight excluding hydrogens is 276 g/mol. The number of hydrogen-bond donors (Lipinski definition) is 1. The summed E-state index contributed by atoms with van der Waals surface area (Å²) in [5.74, 6) is -0.794. The predicted molar refractivity (Wildman–Crippen MR) is 77.3 cm³/mol. The molecule has 1 unspecified atom stereocenters. The zero-order chi connectivity index (χ0) is 15.3. The quantitative estimate of drug-likeness (QED) is 0.876. The summed E-state index contributed by atoms with van der Waals surface area (Å²) >= 11 is 0. The first-order chi connectivity index (χ1) is 10.1. The van der Waals surface area contributed by atoms with Gasteiger partial charge in [-0.3, -0.25) is 0 Å². The summed E-state index contributed by atoms with van der Waals surface area (Å²) in [6.45, 7) is 3.99. The number of likely N-dealkylation sites (N-methyl/N-ethyl adjacent to an activating group) is 1. The van der Waals surface area contributed by atoms with Crippen LogP contribution in [-0.2, 0) is 15.9 Å². The Kier molecular flexibility index (Phi) is 5.67. The highest BCUT2D eigenvalue weighted by molar-refractivity contribution is 5.21. The molecule has 0 saturated carbocycles. The standard InChI is InChI=1S/C16H23F2NO2/c1-3-19-15(16(20-2)6-8-21-9-7-16)11-12-10-13(17)4-5-14(12)18/h4-5,10,15,19H,3,6-9,11H2,1-2H3. The molecule has 0 aliphatic carbocycles. The number of halogens is 2. The van der Waals surface area contributed by atoms with Crippen LogP contribution in [-0.4, -0.2) is 38.5 Å². The molecule has 2 rings (SSSR count). The number of rotatable bonds is 6. The van der Waals surface area contributed by atoms with Crippen LogP contribution in [0.5, 0.6) is 0 Å². The normalized spacial score (nSPS) is 19.4. The van der Waals surface area contributed by atoms with E-state index in [1.165, 1.54) is 12.1 Å². The summed E-state index contributed by atoms with van der Waals surface area (Å²) in [6.07, 6.45) is 1.89. The van der Waals surface area contributed by atoms with Crippen molar-refractivity contribution in [1.82, 2.24) is 5.32 Å². The third kappa shape index (κ3) is 3.78. The van der Waals surface area contributed by atoms with E-state index in [1.54, 1.807) is 7.11 Å². The number of methoxy groups -OCH3 is 1. The first kappa shape index (κ1) is 16.3. The Bertz CT molecular complexity index is 462. The van der Waals surface area contributed by atoms with Crippen LogP contribution in [0.1, 0.15) is 25.3 Å². The van der Waals surface area contributed by atoms with Gasteiger partial charge >= 0.3 is 0 Å². The van der Waals surface area contributed by atoms with Crippen LogP contribution in [0.3, 0.4) is 0 Å². The predicted octanol–water partition coefficient (Wildman–Crippen LogP) is 2.68. The molecule has 21 heavy (non-hydrogen) atoms. The van der Waals surface area contributed by atoms with Crippen LogP contribution < -0.4 is 5.32 Å². The van der Waals surface area contributed by atoms with E-state index in [0.717, 1.165) is 25.5 Å². The SMILES string of the molecule is CCNC(Cc1cc(F)ccc1F)C1(OC)CCOCC1. The van der Waals surface area contributed by atoms with Crippen molar-refractivity contribution in [2.24, 2.45) is 0 Å². The molecule has 1 atom stereocenters. The molecule has 0 amide bonds. The molecule has 5 heteroatoms. The fourth-order valence-electron chi connectivity index (χ4n) is 3.02. The van der Waals surface area contributed by atoms with Gasteiger partial charge in [0.25, 0.3) is 0 Å². The highest BCUT2D eigenvalue weighted by Gasteiger charge is 2.40. The summed E-state index contributed by atoms with van der Waals surface area (Å²) in [5, 5.41) is 3.37. The molecule has 1 aliphatic rings. The van der Waals surface area contributed by atoms with E-state index in [-0.39, 0.29) is 11.9 Å². The van der Waals surface area contributed by atoms with Crippen LogP contribution >= 0.6 is 0 Å². The minimum absolute atomic E-state index is 0.0762. The average molecular weight is 299 g/mol. The third-order valence-corrected chi connectivity index (χ3v) is 4.26. The molecule has 1 heterocycles. The minimum Gasteiger partial charge on any atom is -0.381 e. The second-order valence-corrected chi connectivity index (χ2v) is 5.43. The van der Waals surface area contributed by atoms with Gasteiger partial charge in [0.1, 0.15) is 11.6 Å². The molecule has 1 fully saturated rings. The maximum absolute atomic E-state index is 13.9. The summed E-state index contributed by atoms with van der Waals surface area (Å²) in [4.78, 5) is 0. The van der Waals surface area contributed by atoms with Gasteiger partial charge in [-0.1, -0.05) is 6.92 Å². The minimum atomic E-state index is -0.417.